The smallest absolute Gasteiger partial charge is 0.263 e. The van der Waals surface area contributed by atoms with E-state index in [-0.39, 0.29) is 10.8 Å². The Hall–Kier alpha value is -2.46. The van der Waals surface area contributed by atoms with Gasteiger partial charge in [-0.2, -0.15) is 4.31 Å². The minimum atomic E-state index is -3.57. The Kier molecular flexibility index (Phi) is 7.64. The van der Waals surface area contributed by atoms with Crippen molar-refractivity contribution in [1.82, 2.24) is 14.1 Å². The lowest BCUT2D eigenvalue weighted by atomic mass is 10.2. The molecule has 2 heterocycles. The summed E-state index contributed by atoms with van der Waals surface area (Å²) in [6.07, 6.45) is -0.650. The van der Waals surface area contributed by atoms with Gasteiger partial charge in [-0.3, -0.25) is 9.69 Å². The molecule has 4 rings (SSSR count). The van der Waals surface area contributed by atoms with Crippen LogP contribution in [0.4, 0.5) is 0 Å². The molecule has 178 valence electrons. The molecule has 0 aromatic heterocycles. The molecule has 0 aliphatic carbocycles. The van der Waals surface area contributed by atoms with Crippen LogP contribution in [0.25, 0.3) is 0 Å². The molecule has 2 fully saturated rings. The minimum absolute atomic E-state index is 0.0941. The third-order valence-corrected chi connectivity index (χ3v) is 7.94. The lowest BCUT2D eigenvalue weighted by molar-refractivity contribution is -0.142. The highest BCUT2D eigenvalue weighted by molar-refractivity contribution is 7.89. The Labute approximate surface area is 195 Å². The minimum Gasteiger partial charge on any atom is -0.481 e. The number of amides is 1. The SMILES string of the molecule is C[C@H](Oc1ccc(S(=O)(=O)N2CCN(Cc3ccccc3)CC2)cc1)C(=O)N1CCOCC1. The molecule has 9 heteroatoms. The first-order valence-corrected chi connectivity index (χ1v) is 12.8. The van der Waals surface area contributed by atoms with Gasteiger partial charge in [0.2, 0.25) is 10.0 Å². The van der Waals surface area contributed by atoms with Gasteiger partial charge in [0.1, 0.15) is 5.75 Å². The van der Waals surface area contributed by atoms with Crippen LogP contribution in [0.15, 0.2) is 59.5 Å². The molecular formula is C24H31N3O5S. The predicted molar refractivity (Wildman–Crippen MR) is 124 cm³/mol. The second kappa shape index (κ2) is 10.6. The highest BCUT2D eigenvalue weighted by atomic mass is 32.2. The van der Waals surface area contributed by atoms with E-state index >= 15 is 0 Å². The number of morpholine rings is 1. The van der Waals surface area contributed by atoms with E-state index in [4.69, 9.17) is 9.47 Å². The molecule has 1 atom stereocenters. The fraction of sp³-hybridized carbons (Fsp3) is 0.458. The van der Waals surface area contributed by atoms with E-state index in [0.717, 1.165) is 6.54 Å². The summed E-state index contributed by atoms with van der Waals surface area (Å²) < 4.78 is 38.8. The van der Waals surface area contributed by atoms with Crippen LogP contribution < -0.4 is 4.74 Å². The molecule has 0 bridgehead atoms. The van der Waals surface area contributed by atoms with Gasteiger partial charge < -0.3 is 14.4 Å². The van der Waals surface area contributed by atoms with Gasteiger partial charge in [0.15, 0.2) is 6.10 Å². The zero-order valence-corrected chi connectivity index (χ0v) is 19.7. The van der Waals surface area contributed by atoms with Crippen molar-refractivity contribution >= 4 is 15.9 Å². The number of rotatable bonds is 7. The van der Waals surface area contributed by atoms with Crippen LogP contribution >= 0.6 is 0 Å². The largest absolute Gasteiger partial charge is 0.481 e. The molecule has 8 nitrogen and oxygen atoms in total. The van der Waals surface area contributed by atoms with Gasteiger partial charge in [0.05, 0.1) is 18.1 Å². The molecule has 2 saturated heterocycles. The van der Waals surface area contributed by atoms with Crippen molar-refractivity contribution in [1.29, 1.82) is 0 Å². The van der Waals surface area contributed by atoms with Gasteiger partial charge in [0, 0.05) is 45.8 Å². The summed E-state index contributed by atoms with van der Waals surface area (Å²) in [5.41, 5.74) is 1.23. The maximum atomic E-state index is 13.1. The van der Waals surface area contributed by atoms with Crippen LogP contribution in [0.5, 0.6) is 5.75 Å². The zero-order valence-electron chi connectivity index (χ0n) is 18.9. The van der Waals surface area contributed by atoms with Crippen LogP contribution in [-0.4, -0.2) is 87.0 Å². The van der Waals surface area contributed by atoms with Crippen LogP contribution in [0.3, 0.4) is 0 Å². The molecule has 2 aliphatic rings. The van der Waals surface area contributed by atoms with E-state index in [0.29, 0.717) is 58.2 Å². The summed E-state index contributed by atoms with van der Waals surface area (Å²) in [6, 6.07) is 16.5. The second-order valence-corrected chi connectivity index (χ2v) is 10.3. The summed E-state index contributed by atoms with van der Waals surface area (Å²) in [4.78, 5) is 16.7. The lowest BCUT2D eigenvalue weighted by Gasteiger charge is -2.34. The number of ether oxygens (including phenoxy) is 2. The van der Waals surface area contributed by atoms with Crippen LogP contribution in [0, 0.1) is 0 Å². The third kappa shape index (κ3) is 5.92. The second-order valence-electron chi connectivity index (χ2n) is 8.33. The monoisotopic (exact) mass is 473 g/mol. The van der Waals surface area contributed by atoms with Gasteiger partial charge in [-0.15, -0.1) is 0 Å². The van der Waals surface area contributed by atoms with Crippen molar-refractivity contribution < 1.29 is 22.7 Å². The molecule has 33 heavy (non-hydrogen) atoms. The van der Waals surface area contributed by atoms with Gasteiger partial charge in [-0.1, -0.05) is 30.3 Å². The summed E-state index contributed by atoms with van der Waals surface area (Å²) in [7, 11) is -3.57. The molecule has 2 aromatic carbocycles. The number of carbonyl (C=O) groups excluding carboxylic acids is 1. The number of piperazine rings is 1. The molecule has 0 spiro atoms. The Balaban J connectivity index is 1.31. The van der Waals surface area contributed by atoms with Crippen LogP contribution in [0.2, 0.25) is 0 Å². The summed E-state index contributed by atoms with van der Waals surface area (Å²) in [5, 5.41) is 0. The maximum Gasteiger partial charge on any atom is 0.263 e. The van der Waals surface area contributed by atoms with Crippen molar-refractivity contribution in [3.63, 3.8) is 0 Å². The number of sulfonamides is 1. The van der Waals surface area contributed by atoms with Gasteiger partial charge >= 0.3 is 0 Å². The normalized spacial score (nSPS) is 19.2. The first-order valence-electron chi connectivity index (χ1n) is 11.3. The standard InChI is InChI=1S/C24H31N3O5S/c1-20(24(28)26-15-17-31-18-16-26)32-22-7-9-23(10-8-22)33(29,30)27-13-11-25(12-14-27)19-21-5-3-2-4-6-21/h2-10,20H,11-19H2,1H3/t20-/m0/s1. The van der Waals surface area contributed by atoms with Crippen molar-refractivity contribution in [2.24, 2.45) is 0 Å². The van der Waals surface area contributed by atoms with Gasteiger partial charge in [-0.05, 0) is 36.8 Å². The highest BCUT2D eigenvalue weighted by Gasteiger charge is 2.29. The van der Waals surface area contributed by atoms with E-state index in [9.17, 15) is 13.2 Å². The van der Waals surface area contributed by atoms with Crippen molar-refractivity contribution in [2.45, 2.75) is 24.5 Å². The molecule has 1 amide bonds. The number of hydrogen-bond donors (Lipinski definition) is 0. The molecule has 0 radical (unpaired) electrons. The maximum absolute atomic E-state index is 13.1. The summed E-state index contributed by atoms with van der Waals surface area (Å²) in [5.74, 6) is 0.374. The number of benzene rings is 2. The Bertz CT molecular complexity index is 1020. The Morgan fingerprint density at radius 3 is 2.21 bits per heavy atom. The van der Waals surface area contributed by atoms with Crippen molar-refractivity contribution in [2.75, 3.05) is 52.5 Å². The number of nitrogens with zero attached hydrogens (tertiary/aromatic N) is 3. The quantitative estimate of drug-likeness (QED) is 0.611. The van der Waals surface area contributed by atoms with Crippen molar-refractivity contribution in [3.05, 3.63) is 60.2 Å². The molecule has 0 saturated carbocycles. The lowest BCUT2D eigenvalue weighted by Crippen LogP contribution is -2.48. The third-order valence-electron chi connectivity index (χ3n) is 6.03. The predicted octanol–water partition coefficient (Wildman–Crippen LogP) is 1.82. The topological polar surface area (TPSA) is 79.4 Å². The number of hydrogen-bond acceptors (Lipinski definition) is 6. The molecular weight excluding hydrogens is 442 g/mol. The fourth-order valence-corrected chi connectivity index (χ4v) is 5.53. The van der Waals surface area contributed by atoms with Crippen LogP contribution in [-0.2, 0) is 26.1 Å². The van der Waals surface area contributed by atoms with Crippen LogP contribution in [0.1, 0.15) is 12.5 Å². The van der Waals surface area contributed by atoms with Crippen molar-refractivity contribution in [3.8, 4) is 5.75 Å². The highest BCUT2D eigenvalue weighted by Crippen LogP contribution is 2.22. The van der Waals surface area contributed by atoms with E-state index in [2.05, 4.69) is 17.0 Å². The average molecular weight is 474 g/mol. The first kappa shape index (κ1) is 23.7. The van der Waals surface area contributed by atoms with E-state index in [1.807, 2.05) is 18.2 Å². The van der Waals surface area contributed by atoms with E-state index < -0.39 is 16.1 Å². The fourth-order valence-electron chi connectivity index (χ4n) is 4.10. The summed E-state index contributed by atoms with van der Waals surface area (Å²) in [6.45, 7) is 7.01. The Morgan fingerprint density at radius 2 is 1.58 bits per heavy atom. The average Bonchev–Trinajstić information content (AvgIpc) is 2.85. The molecule has 0 N–H and O–H groups in total. The zero-order chi connectivity index (χ0) is 23.3. The number of carbonyl (C=O) groups is 1. The molecule has 2 aliphatic heterocycles. The van der Waals surface area contributed by atoms with E-state index in [1.54, 1.807) is 36.1 Å². The molecule has 2 aromatic rings. The first-order chi connectivity index (χ1) is 15.9. The van der Waals surface area contributed by atoms with Gasteiger partial charge in [0.25, 0.3) is 5.91 Å². The van der Waals surface area contributed by atoms with Gasteiger partial charge in [-0.25, -0.2) is 8.42 Å². The Morgan fingerprint density at radius 1 is 0.939 bits per heavy atom. The summed E-state index contributed by atoms with van der Waals surface area (Å²) >= 11 is 0. The van der Waals surface area contributed by atoms with E-state index in [1.165, 1.54) is 9.87 Å². The molecule has 0 unspecified atom stereocenters.